The van der Waals surface area contributed by atoms with Gasteiger partial charge in [0.25, 0.3) is 0 Å². The highest BCUT2D eigenvalue weighted by molar-refractivity contribution is 5.73. The van der Waals surface area contributed by atoms with Crippen molar-refractivity contribution in [2.24, 2.45) is 5.92 Å². The molecule has 0 aromatic heterocycles. The first-order chi connectivity index (χ1) is 11.9. The number of carbonyl (C=O) groups is 2. The minimum atomic E-state index is -0.854. The molecule has 0 aromatic rings. The number of hydrogen-bond donors (Lipinski definition) is 0. The van der Waals surface area contributed by atoms with Crippen LogP contribution < -0.4 is 0 Å². The van der Waals surface area contributed by atoms with Gasteiger partial charge in [0.15, 0.2) is 0 Å². The van der Waals surface area contributed by atoms with Crippen LogP contribution in [-0.2, 0) is 19.0 Å². The maximum Gasteiger partial charge on any atom is 0.413 e. The number of methoxy groups -OCH3 is 1. The standard InChI is InChI=1S/C20H35NO5/c1-18(2,3)26-17(23)21-19(4,5)25-15(13-16(22)24-7)20(21,6)14-11-9-8-10-12-14/h14-15H,8-13H2,1-7H3/t15-,20-/m0/s1. The highest BCUT2D eigenvalue weighted by Crippen LogP contribution is 2.50. The van der Waals surface area contributed by atoms with Gasteiger partial charge in [-0.1, -0.05) is 19.3 Å². The van der Waals surface area contributed by atoms with Crippen LogP contribution in [0.25, 0.3) is 0 Å². The van der Waals surface area contributed by atoms with Crippen molar-refractivity contribution < 1.29 is 23.8 Å². The molecule has 0 N–H and O–H groups in total. The highest BCUT2D eigenvalue weighted by Gasteiger charge is 2.61. The van der Waals surface area contributed by atoms with Crippen LogP contribution in [0, 0.1) is 5.92 Å². The monoisotopic (exact) mass is 369 g/mol. The summed E-state index contributed by atoms with van der Waals surface area (Å²) in [6.45, 7) is 11.4. The average Bonchev–Trinajstić information content (AvgIpc) is 2.73. The van der Waals surface area contributed by atoms with Crippen LogP contribution in [0.15, 0.2) is 0 Å². The van der Waals surface area contributed by atoms with Crippen LogP contribution in [-0.4, -0.2) is 47.0 Å². The van der Waals surface area contributed by atoms with E-state index < -0.39 is 23.0 Å². The van der Waals surface area contributed by atoms with Gasteiger partial charge in [-0.3, -0.25) is 9.69 Å². The molecule has 2 aliphatic rings. The normalized spacial score (nSPS) is 29.5. The van der Waals surface area contributed by atoms with Crippen molar-refractivity contribution >= 4 is 12.1 Å². The third-order valence-electron chi connectivity index (χ3n) is 5.69. The van der Waals surface area contributed by atoms with Crippen LogP contribution in [0.3, 0.4) is 0 Å². The van der Waals surface area contributed by atoms with E-state index >= 15 is 0 Å². The first-order valence-corrected chi connectivity index (χ1v) is 9.70. The van der Waals surface area contributed by atoms with Crippen LogP contribution in [0.2, 0.25) is 0 Å². The lowest BCUT2D eigenvalue weighted by Gasteiger charge is -2.47. The second-order valence-corrected chi connectivity index (χ2v) is 9.21. The van der Waals surface area contributed by atoms with Crippen LogP contribution >= 0.6 is 0 Å². The predicted octanol–water partition coefficient (Wildman–Crippen LogP) is 4.26. The summed E-state index contributed by atoms with van der Waals surface area (Å²) in [4.78, 5) is 26.9. The van der Waals surface area contributed by atoms with Crippen LogP contribution in [0.5, 0.6) is 0 Å². The van der Waals surface area contributed by atoms with E-state index in [1.807, 2.05) is 34.6 Å². The number of amides is 1. The number of carbonyl (C=O) groups excluding carboxylic acids is 2. The fraction of sp³-hybridized carbons (Fsp3) is 0.900. The number of hydrogen-bond acceptors (Lipinski definition) is 5. The molecule has 0 spiro atoms. The Labute approximate surface area is 157 Å². The van der Waals surface area contributed by atoms with E-state index in [4.69, 9.17) is 14.2 Å². The largest absolute Gasteiger partial charge is 0.469 e. The maximum absolute atomic E-state index is 13.1. The molecule has 6 heteroatoms. The van der Waals surface area contributed by atoms with Gasteiger partial charge in [-0.15, -0.1) is 0 Å². The Hall–Kier alpha value is -1.30. The summed E-state index contributed by atoms with van der Waals surface area (Å²) < 4.78 is 16.9. The molecule has 1 aliphatic heterocycles. The summed E-state index contributed by atoms with van der Waals surface area (Å²) in [5, 5.41) is 0. The zero-order valence-electron chi connectivity index (χ0n) is 17.4. The van der Waals surface area contributed by atoms with Crippen molar-refractivity contribution in [1.82, 2.24) is 4.90 Å². The van der Waals surface area contributed by atoms with E-state index in [9.17, 15) is 9.59 Å². The first-order valence-electron chi connectivity index (χ1n) is 9.70. The van der Waals surface area contributed by atoms with Crippen molar-refractivity contribution in [2.75, 3.05) is 7.11 Å². The summed E-state index contributed by atoms with van der Waals surface area (Å²) >= 11 is 0. The molecule has 0 unspecified atom stereocenters. The van der Waals surface area contributed by atoms with Crippen molar-refractivity contribution in [3.05, 3.63) is 0 Å². The van der Waals surface area contributed by atoms with E-state index in [0.29, 0.717) is 0 Å². The van der Waals surface area contributed by atoms with E-state index in [1.54, 1.807) is 4.90 Å². The Morgan fingerprint density at radius 1 is 1.12 bits per heavy atom. The van der Waals surface area contributed by atoms with Gasteiger partial charge >= 0.3 is 12.1 Å². The summed E-state index contributed by atoms with van der Waals surface area (Å²) in [7, 11) is 1.38. The van der Waals surface area contributed by atoms with Crippen molar-refractivity contribution in [3.8, 4) is 0 Å². The molecule has 1 heterocycles. The lowest BCUT2D eigenvalue weighted by Crippen LogP contribution is -2.60. The topological polar surface area (TPSA) is 65.1 Å². The van der Waals surface area contributed by atoms with Gasteiger partial charge < -0.3 is 14.2 Å². The lowest BCUT2D eigenvalue weighted by atomic mass is 9.71. The second-order valence-electron chi connectivity index (χ2n) is 9.21. The van der Waals surface area contributed by atoms with E-state index in [2.05, 4.69) is 6.92 Å². The molecular weight excluding hydrogens is 334 g/mol. The van der Waals surface area contributed by atoms with Crippen molar-refractivity contribution in [3.63, 3.8) is 0 Å². The van der Waals surface area contributed by atoms with E-state index in [-0.39, 0.29) is 24.4 Å². The molecule has 1 amide bonds. The number of nitrogens with zero attached hydrogens (tertiary/aromatic N) is 1. The van der Waals surface area contributed by atoms with Gasteiger partial charge in [-0.2, -0.15) is 0 Å². The molecule has 2 fully saturated rings. The van der Waals surface area contributed by atoms with Gasteiger partial charge in [-0.05, 0) is 60.3 Å². The molecule has 2 atom stereocenters. The summed E-state index contributed by atoms with van der Waals surface area (Å²) in [6, 6.07) is 0. The van der Waals surface area contributed by atoms with Gasteiger partial charge in [0.05, 0.1) is 25.2 Å². The summed E-state index contributed by atoms with van der Waals surface area (Å²) in [5.74, 6) is -0.0564. The van der Waals surface area contributed by atoms with Crippen LogP contribution in [0.4, 0.5) is 4.79 Å². The van der Waals surface area contributed by atoms with E-state index in [1.165, 1.54) is 13.5 Å². The molecule has 1 aliphatic carbocycles. The minimum Gasteiger partial charge on any atom is -0.469 e. The Kier molecular flexibility index (Phi) is 5.96. The summed E-state index contributed by atoms with van der Waals surface area (Å²) in [6.07, 6.45) is 4.85. The molecule has 6 nitrogen and oxygen atoms in total. The summed E-state index contributed by atoms with van der Waals surface area (Å²) in [5.41, 5.74) is -2.06. The Morgan fingerprint density at radius 2 is 1.69 bits per heavy atom. The molecule has 2 rings (SSSR count). The maximum atomic E-state index is 13.1. The molecule has 1 saturated heterocycles. The molecule has 0 aromatic carbocycles. The van der Waals surface area contributed by atoms with Crippen molar-refractivity contribution in [1.29, 1.82) is 0 Å². The van der Waals surface area contributed by atoms with Crippen LogP contribution in [0.1, 0.15) is 80.1 Å². The van der Waals surface area contributed by atoms with Gasteiger partial charge in [-0.25, -0.2) is 4.79 Å². The third kappa shape index (κ3) is 4.16. The van der Waals surface area contributed by atoms with Gasteiger partial charge in [0.2, 0.25) is 0 Å². The first kappa shape index (κ1) is 21.0. The SMILES string of the molecule is COC(=O)C[C@@H]1OC(C)(C)N(C(=O)OC(C)(C)C)[C@@]1(C)C1CCCCC1. The Balaban J connectivity index is 2.42. The number of esters is 1. The number of rotatable bonds is 3. The van der Waals surface area contributed by atoms with Crippen molar-refractivity contribution in [2.45, 2.75) is 103 Å². The molecule has 150 valence electrons. The minimum absolute atomic E-state index is 0.131. The molecule has 0 radical (unpaired) electrons. The smallest absolute Gasteiger partial charge is 0.413 e. The quantitative estimate of drug-likeness (QED) is 0.696. The Morgan fingerprint density at radius 3 is 2.19 bits per heavy atom. The molecule has 1 saturated carbocycles. The van der Waals surface area contributed by atoms with E-state index in [0.717, 1.165) is 25.7 Å². The second kappa shape index (κ2) is 7.37. The molecule has 0 bridgehead atoms. The van der Waals surface area contributed by atoms with Gasteiger partial charge in [0.1, 0.15) is 11.3 Å². The zero-order valence-corrected chi connectivity index (χ0v) is 17.4. The zero-order chi connectivity index (χ0) is 19.8. The molecule has 26 heavy (non-hydrogen) atoms. The third-order valence-corrected chi connectivity index (χ3v) is 5.69. The lowest BCUT2D eigenvalue weighted by molar-refractivity contribution is -0.145. The number of ether oxygens (including phenoxy) is 3. The Bertz CT molecular complexity index is 533. The molecular formula is C20H35NO5. The average molecular weight is 370 g/mol. The predicted molar refractivity (Wildman–Crippen MR) is 98.6 cm³/mol. The highest BCUT2D eigenvalue weighted by atomic mass is 16.6. The van der Waals surface area contributed by atoms with Gasteiger partial charge in [0, 0.05) is 0 Å². The fourth-order valence-electron chi connectivity index (χ4n) is 4.58. The fourth-order valence-corrected chi connectivity index (χ4v) is 4.58.